The maximum atomic E-state index is 12.7. The Balaban J connectivity index is 1.26. The van der Waals surface area contributed by atoms with Crippen molar-refractivity contribution in [1.29, 1.82) is 0 Å². The molecule has 1 aromatic rings. The molecule has 160 valence electrons. The number of fused-ring (bicyclic) bond motifs is 1. The van der Waals surface area contributed by atoms with Gasteiger partial charge in [0.2, 0.25) is 11.8 Å². The Morgan fingerprint density at radius 3 is 2.07 bits per heavy atom. The second-order valence-corrected chi connectivity index (χ2v) is 8.91. The number of allylic oxidation sites excluding steroid dienone is 2. The van der Waals surface area contributed by atoms with Gasteiger partial charge in [-0.15, -0.1) is 0 Å². The standard InChI is InChI=1S/C23H30N4O3/c1-16-6-5-7-17(2)21(16)24-20(28)14-25-10-12-26(13-11-25)15-27-22(29)18-8-3-4-9-19(18)23(27)30/h3-7,18-19H,8-15H2,1-2H3,(H,24,28)/p+2/t18-,19-/m0/s1. The molecule has 0 aromatic heterocycles. The molecule has 2 aliphatic heterocycles. The van der Waals surface area contributed by atoms with Crippen LogP contribution in [0.4, 0.5) is 5.69 Å². The van der Waals surface area contributed by atoms with Crippen molar-refractivity contribution in [3.63, 3.8) is 0 Å². The fourth-order valence-electron chi connectivity index (χ4n) is 4.96. The summed E-state index contributed by atoms with van der Waals surface area (Å²) in [4.78, 5) is 41.9. The number of likely N-dealkylation sites (tertiary alicyclic amines) is 1. The highest BCUT2D eigenvalue weighted by Crippen LogP contribution is 2.34. The van der Waals surface area contributed by atoms with E-state index >= 15 is 0 Å². The number of aryl methyl sites for hydroxylation is 2. The molecule has 2 atom stereocenters. The Morgan fingerprint density at radius 1 is 0.967 bits per heavy atom. The van der Waals surface area contributed by atoms with E-state index in [1.165, 1.54) is 14.7 Å². The van der Waals surface area contributed by atoms with Crippen LogP contribution in [0.1, 0.15) is 24.0 Å². The molecule has 3 aliphatic rings. The highest BCUT2D eigenvalue weighted by molar-refractivity contribution is 6.05. The molecule has 1 aliphatic carbocycles. The molecule has 0 radical (unpaired) electrons. The Labute approximate surface area is 177 Å². The average molecular weight is 413 g/mol. The van der Waals surface area contributed by atoms with Crippen LogP contribution in [0.15, 0.2) is 30.4 Å². The van der Waals surface area contributed by atoms with E-state index in [4.69, 9.17) is 0 Å². The van der Waals surface area contributed by atoms with E-state index in [0.29, 0.717) is 26.1 Å². The maximum Gasteiger partial charge on any atom is 0.279 e. The molecular formula is C23H32N4O3+2. The van der Waals surface area contributed by atoms with Gasteiger partial charge in [0.05, 0.1) is 11.8 Å². The van der Waals surface area contributed by atoms with E-state index in [9.17, 15) is 14.4 Å². The number of para-hydroxylation sites is 1. The van der Waals surface area contributed by atoms with E-state index < -0.39 is 0 Å². The number of piperazine rings is 1. The number of amides is 3. The van der Waals surface area contributed by atoms with Gasteiger partial charge < -0.3 is 15.1 Å². The molecule has 0 bridgehead atoms. The summed E-state index contributed by atoms with van der Waals surface area (Å²) in [5.41, 5.74) is 3.06. The van der Waals surface area contributed by atoms with E-state index in [0.717, 1.165) is 43.0 Å². The van der Waals surface area contributed by atoms with Crippen LogP contribution < -0.4 is 15.1 Å². The number of imide groups is 1. The minimum absolute atomic E-state index is 0.00426. The lowest BCUT2D eigenvalue weighted by atomic mass is 9.85. The molecule has 2 saturated heterocycles. The van der Waals surface area contributed by atoms with Crippen LogP contribution in [0.5, 0.6) is 0 Å². The van der Waals surface area contributed by atoms with Crippen molar-refractivity contribution in [2.24, 2.45) is 11.8 Å². The van der Waals surface area contributed by atoms with Gasteiger partial charge in [0.15, 0.2) is 13.2 Å². The molecule has 3 amide bonds. The highest BCUT2D eigenvalue weighted by Gasteiger charge is 2.48. The minimum atomic E-state index is -0.151. The zero-order valence-electron chi connectivity index (χ0n) is 17.9. The predicted molar refractivity (Wildman–Crippen MR) is 113 cm³/mol. The van der Waals surface area contributed by atoms with Crippen molar-refractivity contribution in [1.82, 2.24) is 4.90 Å². The van der Waals surface area contributed by atoms with Crippen LogP contribution >= 0.6 is 0 Å². The SMILES string of the molecule is Cc1cccc(C)c1NC(=O)C[NH+]1CC[NH+](CN2C(=O)[C@H]3CC=CC[C@@H]3C2=O)CC1. The monoisotopic (exact) mass is 412 g/mol. The maximum absolute atomic E-state index is 12.7. The van der Waals surface area contributed by atoms with E-state index in [-0.39, 0.29) is 29.6 Å². The van der Waals surface area contributed by atoms with Gasteiger partial charge in [0.25, 0.3) is 5.91 Å². The molecule has 2 fully saturated rings. The van der Waals surface area contributed by atoms with Gasteiger partial charge in [0.1, 0.15) is 26.2 Å². The summed E-state index contributed by atoms with van der Waals surface area (Å²) in [6, 6.07) is 6.00. The normalized spacial score (nSPS) is 28.5. The Hall–Kier alpha value is -2.51. The van der Waals surface area contributed by atoms with Crippen LogP contribution in [-0.4, -0.2) is 62.0 Å². The van der Waals surface area contributed by atoms with Gasteiger partial charge >= 0.3 is 0 Å². The minimum Gasteiger partial charge on any atom is -0.321 e. The number of hydrogen-bond acceptors (Lipinski definition) is 3. The molecule has 1 aromatic carbocycles. The smallest absolute Gasteiger partial charge is 0.279 e. The molecule has 0 unspecified atom stereocenters. The van der Waals surface area contributed by atoms with Gasteiger partial charge in [0, 0.05) is 5.69 Å². The van der Waals surface area contributed by atoms with Crippen LogP contribution in [-0.2, 0) is 14.4 Å². The number of benzene rings is 1. The van der Waals surface area contributed by atoms with Gasteiger partial charge in [-0.2, -0.15) is 0 Å². The number of nitrogens with zero attached hydrogens (tertiary/aromatic N) is 1. The fourth-order valence-corrected chi connectivity index (χ4v) is 4.96. The molecule has 2 heterocycles. The van der Waals surface area contributed by atoms with Crippen LogP contribution in [0.3, 0.4) is 0 Å². The van der Waals surface area contributed by atoms with E-state index in [1.54, 1.807) is 0 Å². The number of nitrogens with one attached hydrogen (secondary N) is 3. The highest BCUT2D eigenvalue weighted by atomic mass is 16.2. The first-order chi connectivity index (χ1) is 14.4. The van der Waals surface area contributed by atoms with Crippen LogP contribution in [0.25, 0.3) is 0 Å². The number of quaternary nitrogens is 2. The summed E-state index contributed by atoms with van der Waals surface area (Å²) >= 11 is 0. The number of carbonyl (C=O) groups excluding carboxylic acids is 3. The lowest BCUT2D eigenvalue weighted by Crippen LogP contribution is -3.29. The molecule has 30 heavy (non-hydrogen) atoms. The van der Waals surface area contributed by atoms with E-state index in [2.05, 4.69) is 5.32 Å². The van der Waals surface area contributed by atoms with Gasteiger partial charge in [-0.3, -0.25) is 14.4 Å². The Kier molecular flexibility index (Phi) is 6.01. The van der Waals surface area contributed by atoms with Crippen molar-refractivity contribution in [3.8, 4) is 0 Å². The van der Waals surface area contributed by atoms with Gasteiger partial charge in [-0.25, -0.2) is 4.90 Å². The lowest BCUT2D eigenvalue weighted by molar-refractivity contribution is -1.01. The molecule has 7 nitrogen and oxygen atoms in total. The molecular weight excluding hydrogens is 380 g/mol. The summed E-state index contributed by atoms with van der Waals surface area (Å²) < 4.78 is 0. The molecule has 0 saturated carbocycles. The Bertz CT molecular complexity index is 827. The topological polar surface area (TPSA) is 75.4 Å². The third-order valence-electron chi connectivity index (χ3n) is 6.80. The van der Waals surface area contributed by atoms with Crippen LogP contribution in [0.2, 0.25) is 0 Å². The first-order valence-corrected chi connectivity index (χ1v) is 11.0. The van der Waals surface area contributed by atoms with E-state index in [1.807, 2.05) is 44.2 Å². The van der Waals surface area contributed by atoms with Crippen molar-refractivity contribution in [2.75, 3.05) is 44.7 Å². The summed E-state index contributed by atoms with van der Waals surface area (Å²) in [7, 11) is 0. The lowest BCUT2D eigenvalue weighted by Gasteiger charge is -2.31. The fraction of sp³-hybridized carbons (Fsp3) is 0.522. The first kappa shape index (κ1) is 20.8. The Morgan fingerprint density at radius 2 is 1.50 bits per heavy atom. The largest absolute Gasteiger partial charge is 0.321 e. The number of carbonyl (C=O) groups is 3. The van der Waals surface area contributed by atoms with Gasteiger partial charge in [-0.05, 0) is 37.8 Å². The van der Waals surface area contributed by atoms with Crippen molar-refractivity contribution in [3.05, 3.63) is 41.5 Å². The zero-order chi connectivity index (χ0) is 21.3. The van der Waals surface area contributed by atoms with Crippen molar-refractivity contribution >= 4 is 23.4 Å². The van der Waals surface area contributed by atoms with Crippen LogP contribution in [0, 0.1) is 25.7 Å². The number of anilines is 1. The quantitative estimate of drug-likeness (QED) is 0.426. The summed E-state index contributed by atoms with van der Waals surface area (Å²) in [6.07, 6.45) is 5.42. The average Bonchev–Trinajstić information content (AvgIpc) is 2.97. The molecule has 7 heteroatoms. The third kappa shape index (κ3) is 4.18. The molecule has 3 N–H and O–H groups in total. The third-order valence-corrected chi connectivity index (χ3v) is 6.80. The second kappa shape index (κ2) is 8.70. The number of hydrogen-bond donors (Lipinski definition) is 3. The van der Waals surface area contributed by atoms with Gasteiger partial charge in [-0.1, -0.05) is 30.4 Å². The van der Waals surface area contributed by atoms with Crippen molar-refractivity contribution in [2.45, 2.75) is 26.7 Å². The zero-order valence-corrected chi connectivity index (χ0v) is 17.9. The predicted octanol–water partition coefficient (Wildman–Crippen LogP) is -1.07. The summed E-state index contributed by atoms with van der Waals surface area (Å²) in [6.45, 7) is 8.36. The summed E-state index contributed by atoms with van der Waals surface area (Å²) in [5, 5.41) is 3.07. The first-order valence-electron chi connectivity index (χ1n) is 11.0. The second-order valence-electron chi connectivity index (χ2n) is 8.91. The van der Waals surface area contributed by atoms with Crippen molar-refractivity contribution < 1.29 is 24.2 Å². The summed E-state index contributed by atoms with van der Waals surface area (Å²) in [5.74, 6) is -0.258. The molecule has 0 spiro atoms. The molecule has 4 rings (SSSR count). The number of rotatable bonds is 5.